The van der Waals surface area contributed by atoms with Crippen LogP contribution in [0.15, 0.2) is 0 Å². The van der Waals surface area contributed by atoms with Crippen molar-refractivity contribution < 1.29 is 0 Å². The third-order valence-electron chi connectivity index (χ3n) is 3.69. The lowest BCUT2D eigenvalue weighted by Gasteiger charge is -2.35. The van der Waals surface area contributed by atoms with E-state index in [-0.39, 0.29) is 5.54 Å². The van der Waals surface area contributed by atoms with Gasteiger partial charge in [-0.05, 0) is 52.3 Å². The lowest BCUT2D eigenvalue weighted by Crippen LogP contribution is -2.45. The highest BCUT2D eigenvalue weighted by Gasteiger charge is 2.28. The molecule has 0 aromatic carbocycles. The molecule has 5 nitrogen and oxygen atoms in total. The van der Waals surface area contributed by atoms with E-state index in [0.717, 1.165) is 37.2 Å². The van der Waals surface area contributed by atoms with Crippen LogP contribution in [0.25, 0.3) is 0 Å². The summed E-state index contributed by atoms with van der Waals surface area (Å²) in [6.07, 6.45) is 2.04. The van der Waals surface area contributed by atoms with Gasteiger partial charge in [-0.15, -0.1) is 5.10 Å². The topological polar surface area (TPSA) is 73.6 Å². The van der Waals surface area contributed by atoms with Crippen LogP contribution in [0.5, 0.6) is 0 Å². The van der Waals surface area contributed by atoms with Crippen molar-refractivity contribution >= 4 is 5.82 Å². The zero-order chi connectivity index (χ0) is 13.2. The van der Waals surface area contributed by atoms with E-state index >= 15 is 0 Å². The van der Waals surface area contributed by atoms with Gasteiger partial charge in [0.2, 0.25) is 0 Å². The molecule has 1 fully saturated rings. The van der Waals surface area contributed by atoms with Crippen LogP contribution < -0.4 is 10.6 Å². The third kappa shape index (κ3) is 2.44. The largest absolute Gasteiger partial charge is 0.362 e. The molecule has 1 saturated heterocycles. The van der Waals surface area contributed by atoms with Crippen LogP contribution in [0.3, 0.4) is 0 Å². The van der Waals surface area contributed by atoms with Crippen molar-refractivity contribution in [3.05, 3.63) is 16.8 Å². The molecule has 0 bridgehead atoms. The normalized spacial score (nSPS) is 18.1. The summed E-state index contributed by atoms with van der Waals surface area (Å²) in [6, 6.07) is 2.23. The van der Waals surface area contributed by atoms with Gasteiger partial charge in [-0.3, -0.25) is 0 Å². The molecule has 96 valence electrons. The Bertz CT molecular complexity index is 483. The molecule has 0 radical (unpaired) electrons. The fourth-order valence-electron chi connectivity index (χ4n) is 2.22. The quantitative estimate of drug-likeness (QED) is 0.826. The molecule has 0 atom stereocenters. The summed E-state index contributed by atoms with van der Waals surface area (Å²) in [5.41, 5.74) is 2.33. The average Bonchev–Trinajstić information content (AvgIpc) is 2.35. The van der Waals surface area contributed by atoms with E-state index in [2.05, 4.69) is 33.8 Å². The van der Waals surface area contributed by atoms with E-state index in [1.165, 1.54) is 0 Å². The standard InChI is InChI=1S/C13H19N5/c1-9-10(2)17-18-12(11(9)8-14)16-13(3)4-6-15-7-5-13/h15H,4-7H2,1-3H3,(H,16,18). The minimum atomic E-state index is -0.00672. The molecule has 2 heterocycles. The van der Waals surface area contributed by atoms with Gasteiger partial charge in [0.1, 0.15) is 11.6 Å². The van der Waals surface area contributed by atoms with Gasteiger partial charge in [-0.2, -0.15) is 10.4 Å². The second-order valence-corrected chi connectivity index (χ2v) is 5.18. The van der Waals surface area contributed by atoms with Gasteiger partial charge < -0.3 is 10.6 Å². The Morgan fingerprint density at radius 2 is 1.94 bits per heavy atom. The number of nitrogens with zero attached hydrogens (tertiary/aromatic N) is 3. The maximum atomic E-state index is 9.27. The van der Waals surface area contributed by atoms with Crippen molar-refractivity contribution in [1.82, 2.24) is 15.5 Å². The number of aromatic nitrogens is 2. The molecule has 18 heavy (non-hydrogen) atoms. The molecule has 1 aromatic heterocycles. The second kappa shape index (κ2) is 4.91. The number of nitriles is 1. The Morgan fingerprint density at radius 1 is 1.28 bits per heavy atom. The van der Waals surface area contributed by atoms with Gasteiger partial charge in [0.05, 0.1) is 5.69 Å². The predicted molar refractivity (Wildman–Crippen MR) is 70.4 cm³/mol. The van der Waals surface area contributed by atoms with Gasteiger partial charge in [-0.25, -0.2) is 0 Å². The molecular formula is C13H19N5. The number of hydrogen-bond acceptors (Lipinski definition) is 5. The van der Waals surface area contributed by atoms with Gasteiger partial charge in [0, 0.05) is 5.54 Å². The molecule has 0 aliphatic carbocycles. The average molecular weight is 245 g/mol. The van der Waals surface area contributed by atoms with E-state index < -0.39 is 0 Å². The number of hydrogen-bond donors (Lipinski definition) is 2. The lowest BCUT2D eigenvalue weighted by atomic mass is 9.90. The summed E-state index contributed by atoms with van der Waals surface area (Å²) in [4.78, 5) is 0. The number of rotatable bonds is 2. The monoisotopic (exact) mass is 245 g/mol. The van der Waals surface area contributed by atoms with E-state index in [9.17, 15) is 5.26 Å². The Hall–Kier alpha value is -1.67. The van der Waals surface area contributed by atoms with Gasteiger partial charge in [0.25, 0.3) is 0 Å². The highest BCUT2D eigenvalue weighted by molar-refractivity contribution is 5.56. The molecule has 0 amide bonds. The van der Waals surface area contributed by atoms with Crippen LogP contribution in [0, 0.1) is 25.2 Å². The molecule has 2 rings (SSSR count). The Kier molecular flexibility index (Phi) is 3.48. The lowest BCUT2D eigenvalue weighted by molar-refractivity contribution is 0.364. The summed E-state index contributed by atoms with van der Waals surface area (Å²) in [5.74, 6) is 0.616. The summed E-state index contributed by atoms with van der Waals surface area (Å²) in [6.45, 7) is 7.94. The van der Waals surface area contributed by atoms with Crippen molar-refractivity contribution in [3.63, 3.8) is 0 Å². The van der Waals surface area contributed by atoms with E-state index in [0.29, 0.717) is 11.4 Å². The second-order valence-electron chi connectivity index (χ2n) is 5.18. The van der Waals surface area contributed by atoms with E-state index in [1.54, 1.807) is 0 Å². The third-order valence-corrected chi connectivity index (χ3v) is 3.69. The first-order chi connectivity index (χ1) is 8.56. The molecule has 0 spiro atoms. The molecule has 1 aliphatic rings. The smallest absolute Gasteiger partial charge is 0.167 e. The van der Waals surface area contributed by atoms with E-state index in [4.69, 9.17) is 0 Å². The predicted octanol–water partition coefficient (Wildman–Crippen LogP) is 1.52. The van der Waals surface area contributed by atoms with Gasteiger partial charge in [-0.1, -0.05) is 0 Å². The highest BCUT2D eigenvalue weighted by Crippen LogP contribution is 2.25. The fourth-order valence-corrected chi connectivity index (χ4v) is 2.22. The first-order valence-corrected chi connectivity index (χ1v) is 6.29. The van der Waals surface area contributed by atoms with Crippen molar-refractivity contribution in [2.45, 2.75) is 39.2 Å². The van der Waals surface area contributed by atoms with Crippen LogP contribution in [0.2, 0.25) is 0 Å². The first kappa shape index (κ1) is 12.8. The van der Waals surface area contributed by atoms with Crippen LogP contribution in [0.1, 0.15) is 36.6 Å². The maximum Gasteiger partial charge on any atom is 0.167 e. The van der Waals surface area contributed by atoms with Gasteiger partial charge >= 0.3 is 0 Å². The van der Waals surface area contributed by atoms with E-state index in [1.807, 2.05) is 13.8 Å². The summed E-state index contributed by atoms with van der Waals surface area (Å²) in [7, 11) is 0. The summed E-state index contributed by atoms with van der Waals surface area (Å²) >= 11 is 0. The van der Waals surface area contributed by atoms with Crippen molar-refractivity contribution in [3.8, 4) is 6.07 Å². The molecule has 1 aromatic rings. The number of aryl methyl sites for hydroxylation is 1. The fraction of sp³-hybridized carbons (Fsp3) is 0.615. The van der Waals surface area contributed by atoms with Crippen LogP contribution in [-0.2, 0) is 0 Å². The molecular weight excluding hydrogens is 226 g/mol. The summed E-state index contributed by atoms with van der Waals surface area (Å²) in [5, 5.41) is 24.3. The maximum absolute atomic E-state index is 9.27. The zero-order valence-electron chi connectivity index (χ0n) is 11.2. The molecule has 0 unspecified atom stereocenters. The van der Waals surface area contributed by atoms with Gasteiger partial charge in [0.15, 0.2) is 5.82 Å². The number of anilines is 1. The highest BCUT2D eigenvalue weighted by atomic mass is 15.2. The number of nitrogens with one attached hydrogen (secondary N) is 2. The first-order valence-electron chi connectivity index (χ1n) is 6.29. The Labute approximate surface area is 108 Å². The van der Waals surface area contributed by atoms with Crippen molar-refractivity contribution in [1.29, 1.82) is 5.26 Å². The Balaban J connectivity index is 2.29. The zero-order valence-corrected chi connectivity index (χ0v) is 11.2. The molecule has 0 saturated carbocycles. The number of piperidine rings is 1. The minimum absolute atomic E-state index is 0.00672. The van der Waals surface area contributed by atoms with Crippen molar-refractivity contribution in [2.75, 3.05) is 18.4 Å². The minimum Gasteiger partial charge on any atom is -0.362 e. The SMILES string of the molecule is Cc1nnc(NC2(C)CCNCC2)c(C#N)c1C. The summed E-state index contributed by atoms with van der Waals surface area (Å²) < 4.78 is 0. The van der Waals surface area contributed by atoms with Crippen LogP contribution >= 0.6 is 0 Å². The Morgan fingerprint density at radius 3 is 2.56 bits per heavy atom. The molecule has 5 heteroatoms. The molecule has 2 N–H and O–H groups in total. The van der Waals surface area contributed by atoms with Crippen LogP contribution in [-0.4, -0.2) is 28.8 Å². The van der Waals surface area contributed by atoms with Crippen molar-refractivity contribution in [2.24, 2.45) is 0 Å². The van der Waals surface area contributed by atoms with Crippen LogP contribution in [0.4, 0.5) is 5.82 Å². The molecule has 1 aliphatic heterocycles.